The lowest BCUT2D eigenvalue weighted by atomic mass is 10.0. The number of likely N-dealkylation sites (tertiary alicyclic amines) is 2. The lowest BCUT2D eigenvalue weighted by molar-refractivity contribution is -0.137. The number of carbonyl (C=O) groups is 2. The maximum Gasteiger partial charge on any atom is 0.405 e. The zero-order valence-electron chi connectivity index (χ0n) is 29.2. The van der Waals surface area contributed by atoms with Crippen molar-refractivity contribution in [2.24, 2.45) is 0 Å². The number of aromatic amines is 2. The number of ether oxygens (including phenoxy) is 1. The molecule has 2 aromatic heterocycles. The summed E-state index contributed by atoms with van der Waals surface area (Å²) in [5.41, 5.74) is 5.90. The van der Waals surface area contributed by atoms with Gasteiger partial charge >= 0.3 is 6.09 Å². The predicted molar refractivity (Wildman–Crippen MR) is 191 cm³/mol. The van der Waals surface area contributed by atoms with Crippen LogP contribution in [0.4, 0.5) is 4.79 Å². The maximum atomic E-state index is 13.3. The maximum absolute atomic E-state index is 13.3. The highest BCUT2D eigenvalue weighted by Gasteiger charge is 2.37. The van der Waals surface area contributed by atoms with Gasteiger partial charge in [0.2, 0.25) is 5.91 Å². The molecule has 0 saturated carbocycles. The van der Waals surface area contributed by atoms with Gasteiger partial charge in [-0.2, -0.15) is 0 Å². The summed E-state index contributed by atoms with van der Waals surface area (Å²) < 4.78 is 5.06. The Balaban J connectivity index is 1.09. The van der Waals surface area contributed by atoms with Gasteiger partial charge in [-0.25, -0.2) is 14.8 Å². The van der Waals surface area contributed by atoms with Gasteiger partial charge in [0.05, 0.1) is 60.8 Å². The monoisotopic (exact) mass is 700 g/mol. The van der Waals surface area contributed by atoms with E-state index in [2.05, 4.69) is 84.0 Å². The molecule has 2 fully saturated rings. The van der Waals surface area contributed by atoms with Gasteiger partial charge in [-0.3, -0.25) is 15.0 Å². The molecule has 0 radical (unpaired) electrons. The summed E-state index contributed by atoms with van der Waals surface area (Å²) in [6, 6.07) is 15.0. The average molecular weight is 701 g/mol. The second kappa shape index (κ2) is 16.2. The van der Waals surface area contributed by atoms with Crippen LogP contribution >= 0.6 is 0 Å². The van der Waals surface area contributed by atoms with Crippen molar-refractivity contribution in [2.75, 3.05) is 33.5 Å². The van der Waals surface area contributed by atoms with E-state index in [1.165, 1.54) is 7.11 Å². The second-order valence-electron chi connectivity index (χ2n) is 13.5. The molecule has 4 aromatic rings. The highest BCUT2D eigenvalue weighted by atomic mass is 16.5. The molecule has 2 aromatic carbocycles. The molecule has 51 heavy (non-hydrogen) atoms. The molecule has 0 aliphatic carbocycles. The number of hydrogen-bond donors (Lipinski definition) is 7. The summed E-state index contributed by atoms with van der Waals surface area (Å²) in [5, 5.41) is 34.9. The molecular weight excluding hydrogens is 652 g/mol. The van der Waals surface area contributed by atoms with Crippen LogP contribution < -0.4 is 10.6 Å². The van der Waals surface area contributed by atoms with Gasteiger partial charge in [-0.15, -0.1) is 0 Å². The molecule has 2 saturated heterocycles. The van der Waals surface area contributed by atoms with Crippen LogP contribution in [0.1, 0.15) is 63.3 Å². The van der Waals surface area contributed by atoms with E-state index in [1.54, 1.807) is 24.9 Å². The molecule has 6 atom stereocenters. The molecule has 272 valence electrons. The largest absolute Gasteiger partial charge is 0.465 e. The van der Waals surface area contributed by atoms with Gasteiger partial charge in [0.1, 0.15) is 17.7 Å². The Morgan fingerprint density at radius 2 is 1.37 bits per heavy atom. The number of carbonyl (C=O) groups excluding carboxylic acids is 1. The zero-order chi connectivity index (χ0) is 36.1. The summed E-state index contributed by atoms with van der Waals surface area (Å²) in [7, 11) is 1.54. The smallest absolute Gasteiger partial charge is 0.405 e. The van der Waals surface area contributed by atoms with Crippen LogP contribution in [0.5, 0.6) is 0 Å². The Bertz CT molecular complexity index is 1750. The van der Waals surface area contributed by atoms with Crippen molar-refractivity contribution >= 4 is 12.0 Å². The molecule has 0 spiro atoms. The third kappa shape index (κ3) is 8.32. The topological polar surface area (TPSA) is 192 Å². The molecular formula is C37H48N8O6. The summed E-state index contributed by atoms with van der Waals surface area (Å²) in [5.74, 6) is 1.40. The van der Waals surface area contributed by atoms with Gasteiger partial charge in [0.25, 0.3) is 0 Å². The van der Waals surface area contributed by atoms with E-state index in [4.69, 9.17) is 4.74 Å². The third-order valence-corrected chi connectivity index (χ3v) is 9.97. The van der Waals surface area contributed by atoms with Crippen molar-refractivity contribution in [3.63, 3.8) is 0 Å². The summed E-state index contributed by atoms with van der Waals surface area (Å²) in [6.07, 6.45) is 4.33. The van der Waals surface area contributed by atoms with Crippen LogP contribution in [-0.4, -0.2) is 115 Å². The van der Waals surface area contributed by atoms with E-state index in [0.29, 0.717) is 13.1 Å². The second-order valence-corrected chi connectivity index (χ2v) is 13.5. The van der Waals surface area contributed by atoms with Crippen molar-refractivity contribution in [3.8, 4) is 33.6 Å². The first-order valence-corrected chi connectivity index (χ1v) is 17.6. The first-order valence-electron chi connectivity index (χ1n) is 17.6. The number of H-pyrrole nitrogens is 2. The number of methoxy groups -OCH3 is 1. The zero-order valence-corrected chi connectivity index (χ0v) is 29.2. The van der Waals surface area contributed by atoms with Crippen LogP contribution in [0.3, 0.4) is 0 Å². The van der Waals surface area contributed by atoms with E-state index in [1.807, 2.05) is 6.20 Å². The van der Waals surface area contributed by atoms with Gasteiger partial charge in [-0.1, -0.05) is 48.5 Å². The van der Waals surface area contributed by atoms with Crippen LogP contribution in [0.25, 0.3) is 33.6 Å². The van der Waals surface area contributed by atoms with Crippen LogP contribution in [-0.2, 0) is 9.53 Å². The molecule has 6 rings (SSSR count). The number of hydrogen-bond acceptors (Lipinski definition) is 9. The standard InChI is InChI=1S/C37H48N8O6/c1-22(46)30(43-37(49)50)20-44-16-4-6-31(44)34-38-18-28(41-34)26-12-8-24(9-13-26)25-10-14-27(15-11-25)29-19-39-35(42-29)32-7-5-17-45(32)36(48)33(23(2)47)40-21-51-3/h8-15,18-19,22-23,30-33,40,43,46-47H,4-7,16-17,20-21H2,1-3H3,(H,38,41)(H,39,42)(H,49,50)/t22-,23-,30-,31-,32-,33-/m0/s1. The summed E-state index contributed by atoms with van der Waals surface area (Å²) in [4.78, 5) is 44.8. The minimum Gasteiger partial charge on any atom is -0.465 e. The van der Waals surface area contributed by atoms with E-state index >= 15 is 0 Å². The Labute approximate surface area is 297 Å². The quantitative estimate of drug-likeness (QED) is 0.0950. The number of benzene rings is 2. The van der Waals surface area contributed by atoms with Gasteiger partial charge in [0.15, 0.2) is 0 Å². The minimum absolute atomic E-state index is 0.0183. The number of amides is 2. The molecule has 2 amide bonds. The lowest BCUT2D eigenvalue weighted by Crippen LogP contribution is -2.52. The Kier molecular flexibility index (Phi) is 11.5. The number of aliphatic hydroxyl groups excluding tert-OH is 2. The van der Waals surface area contributed by atoms with Crippen LogP contribution in [0, 0.1) is 0 Å². The first-order chi connectivity index (χ1) is 24.6. The van der Waals surface area contributed by atoms with E-state index in [9.17, 15) is 24.9 Å². The minimum atomic E-state index is -1.15. The number of aliphatic hydroxyl groups is 2. The Morgan fingerprint density at radius 3 is 1.90 bits per heavy atom. The average Bonchev–Trinajstić information content (AvgIpc) is 3.95. The van der Waals surface area contributed by atoms with Gasteiger partial charge in [-0.05, 0) is 68.3 Å². The Morgan fingerprint density at radius 1 is 0.843 bits per heavy atom. The number of nitrogens with zero attached hydrogens (tertiary/aromatic N) is 4. The van der Waals surface area contributed by atoms with Gasteiger partial charge < -0.3 is 40.2 Å². The number of imidazole rings is 2. The van der Waals surface area contributed by atoms with Crippen molar-refractivity contribution in [1.82, 2.24) is 40.4 Å². The molecule has 2 aliphatic heterocycles. The van der Waals surface area contributed by atoms with E-state index in [-0.39, 0.29) is 24.7 Å². The Hall–Kier alpha value is -4.60. The fraction of sp³-hybridized carbons (Fsp3) is 0.459. The number of rotatable bonds is 14. The lowest BCUT2D eigenvalue weighted by Gasteiger charge is -2.29. The third-order valence-electron chi connectivity index (χ3n) is 9.97. The molecule has 14 heteroatoms. The van der Waals surface area contributed by atoms with Crippen LogP contribution in [0.15, 0.2) is 60.9 Å². The van der Waals surface area contributed by atoms with E-state index < -0.39 is 30.4 Å². The fourth-order valence-electron chi connectivity index (χ4n) is 7.20. The molecule has 2 aliphatic rings. The van der Waals surface area contributed by atoms with Crippen molar-refractivity contribution in [1.29, 1.82) is 0 Å². The highest BCUT2D eigenvalue weighted by Crippen LogP contribution is 2.34. The molecule has 4 heterocycles. The van der Waals surface area contributed by atoms with Crippen molar-refractivity contribution < 1.29 is 29.6 Å². The summed E-state index contributed by atoms with van der Waals surface area (Å²) >= 11 is 0. The number of nitrogens with one attached hydrogen (secondary N) is 4. The first kappa shape index (κ1) is 36.2. The normalized spacial score (nSPS) is 20.3. The van der Waals surface area contributed by atoms with E-state index in [0.717, 1.165) is 77.5 Å². The van der Waals surface area contributed by atoms with Crippen molar-refractivity contribution in [2.45, 2.75) is 75.9 Å². The predicted octanol–water partition coefficient (Wildman–Crippen LogP) is 3.89. The number of carboxylic acid groups (broad SMARTS) is 1. The molecule has 0 unspecified atom stereocenters. The van der Waals surface area contributed by atoms with Crippen LogP contribution in [0.2, 0.25) is 0 Å². The molecule has 0 bridgehead atoms. The van der Waals surface area contributed by atoms with Crippen molar-refractivity contribution in [3.05, 3.63) is 72.6 Å². The molecule has 14 nitrogen and oxygen atoms in total. The number of aromatic nitrogens is 4. The SMILES string of the molecule is COCN[C@H](C(=O)N1CCC[C@H]1c1ncc(-c2ccc(-c3ccc(-c4cnc([C@@H]5CCCN5C[C@H](NC(=O)O)[C@H](C)O)[nH]4)cc3)cc2)[nH]1)[C@H](C)O. The summed E-state index contributed by atoms with van der Waals surface area (Å²) in [6.45, 7) is 5.17. The fourth-order valence-corrected chi connectivity index (χ4v) is 7.20. The molecule has 7 N–H and O–H groups in total. The van der Waals surface area contributed by atoms with Gasteiger partial charge in [0, 0.05) is 20.2 Å². The highest BCUT2D eigenvalue weighted by molar-refractivity contribution is 5.83.